The van der Waals surface area contributed by atoms with Gasteiger partial charge in [0.25, 0.3) is 11.8 Å². The summed E-state index contributed by atoms with van der Waals surface area (Å²) in [4.78, 5) is 28.8. The van der Waals surface area contributed by atoms with Gasteiger partial charge in [-0.15, -0.1) is 11.3 Å². The molecule has 1 aromatic heterocycles. The highest BCUT2D eigenvalue weighted by Crippen LogP contribution is 2.31. The Morgan fingerprint density at radius 1 is 0.967 bits per heavy atom. The van der Waals surface area contributed by atoms with Crippen LogP contribution in [0.1, 0.15) is 25.6 Å². The number of aromatic nitrogens is 1. The lowest BCUT2D eigenvalue weighted by Crippen LogP contribution is -2.34. The minimum Gasteiger partial charge on any atom is -0.350 e. The van der Waals surface area contributed by atoms with Gasteiger partial charge in [-0.2, -0.15) is 13.2 Å². The van der Waals surface area contributed by atoms with E-state index in [9.17, 15) is 22.8 Å². The standard InChI is InChI=1S/C20H15ClF3N3O2S/c21-15-4-2-1-3-14(15)19-27-11-16(30-19)18(29)26-10-9-25-17(28)12-5-7-13(8-6-12)20(22,23)24/h1-8,11H,9-10H2,(H,25,28)(H,26,29). The smallest absolute Gasteiger partial charge is 0.350 e. The number of carbonyl (C=O) groups excluding carboxylic acids is 2. The van der Waals surface area contributed by atoms with Gasteiger partial charge in [0.2, 0.25) is 0 Å². The summed E-state index contributed by atoms with van der Waals surface area (Å²) in [5.41, 5.74) is 0.000201. The highest BCUT2D eigenvalue weighted by atomic mass is 35.5. The van der Waals surface area contributed by atoms with Gasteiger partial charge in [-0.05, 0) is 30.3 Å². The number of amides is 2. The van der Waals surface area contributed by atoms with E-state index in [0.717, 1.165) is 29.8 Å². The van der Waals surface area contributed by atoms with Crippen LogP contribution in [0.3, 0.4) is 0 Å². The summed E-state index contributed by atoms with van der Waals surface area (Å²) in [6.07, 6.45) is -3.01. The van der Waals surface area contributed by atoms with E-state index in [1.807, 2.05) is 6.07 Å². The number of hydrogen-bond donors (Lipinski definition) is 2. The van der Waals surface area contributed by atoms with Gasteiger partial charge in [-0.1, -0.05) is 29.8 Å². The average Bonchev–Trinajstić information content (AvgIpc) is 3.21. The molecule has 3 rings (SSSR count). The SMILES string of the molecule is O=C(NCCNC(=O)c1cnc(-c2ccccc2Cl)s1)c1ccc(C(F)(F)F)cc1. The molecule has 1 heterocycles. The molecule has 0 atom stereocenters. The Labute approximate surface area is 178 Å². The highest BCUT2D eigenvalue weighted by Gasteiger charge is 2.30. The maximum absolute atomic E-state index is 12.6. The second-order valence-corrected chi connectivity index (χ2v) is 7.53. The molecule has 2 amide bonds. The molecule has 10 heteroatoms. The van der Waals surface area contributed by atoms with Gasteiger partial charge >= 0.3 is 6.18 Å². The lowest BCUT2D eigenvalue weighted by Gasteiger charge is -2.08. The molecule has 30 heavy (non-hydrogen) atoms. The zero-order valence-corrected chi connectivity index (χ0v) is 16.9. The quantitative estimate of drug-likeness (QED) is 0.534. The molecule has 0 fully saturated rings. The third-order valence-electron chi connectivity index (χ3n) is 4.00. The predicted octanol–water partition coefficient (Wildman–Crippen LogP) is 4.64. The van der Waals surface area contributed by atoms with E-state index in [1.165, 1.54) is 17.5 Å². The zero-order valence-electron chi connectivity index (χ0n) is 15.3. The first kappa shape index (κ1) is 21.8. The summed E-state index contributed by atoms with van der Waals surface area (Å²) in [6.45, 7) is 0.256. The molecule has 0 radical (unpaired) electrons. The molecule has 0 saturated heterocycles. The molecule has 0 unspecified atom stereocenters. The van der Waals surface area contributed by atoms with Gasteiger partial charge in [-0.3, -0.25) is 9.59 Å². The Morgan fingerprint density at radius 2 is 1.60 bits per heavy atom. The van der Waals surface area contributed by atoms with Crippen LogP contribution >= 0.6 is 22.9 Å². The number of alkyl halides is 3. The summed E-state index contributed by atoms with van der Waals surface area (Å²) in [7, 11) is 0. The highest BCUT2D eigenvalue weighted by molar-refractivity contribution is 7.17. The van der Waals surface area contributed by atoms with Crippen molar-refractivity contribution in [2.24, 2.45) is 0 Å². The number of thiazole rings is 1. The van der Waals surface area contributed by atoms with Crippen LogP contribution in [0.5, 0.6) is 0 Å². The number of rotatable bonds is 6. The summed E-state index contributed by atoms with van der Waals surface area (Å²) < 4.78 is 37.7. The van der Waals surface area contributed by atoms with E-state index in [4.69, 9.17) is 11.6 Å². The Kier molecular flexibility index (Phi) is 6.73. The summed E-state index contributed by atoms with van der Waals surface area (Å²) in [5.74, 6) is -0.883. The van der Waals surface area contributed by atoms with Crippen molar-refractivity contribution in [3.63, 3.8) is 0 Å². The van der Waals surface area contributed by atoms with E-state index in [2.05, 4.69) is 15.6 Å². The molecule has 3 aromatic rings. The molecule has 0 aliphatic heterocycles. The van der Waals surface area contributed by atoms with Crippen molar-refractivity contribution in [1.29, 1.82) is 0 Å². The van der Waals surface area contributed by atoms with Gasteiger partial charge in [0.15, 0.2) is 0 Å². The van der Waals surface area contributed by atoms with E-state index in [-0.39, 0.29) is 24.6 Å². The third-order valence-corrected chi connectivity index (χ3v) is 5.36. The molecule has 156 valence electrons. The summed E-state index contributed by atoms with van der Waals surface area (Å²) in [6, 6.07) is 11.0. The summed E-state index contributed by atoms with van der Waals surface area (Å²) in [5, 5.41) is 6.33. The van der Waals surface area contributed by atoms with Crippen molar-refractivity contribution >= 4 is 34.8 Å². The van der Waals surface area contributed by atoms with E-state index >= 15 is 0 Å². The van der Waals surface area contributed by atoms with Crippen LogP contribution in [0.2, 0.25) is 5.02 Å². The lowest BCUT2D eigenvalue weighted by molar-refractivity contribution is -0.137. The molecule has 2 N–H and O–H groups in total. The number of nitrogens with zero attached hydrogens (tertiary/aromatic N) is 1. The molecule has 0 aliphatic rings. The van der Waals surface area contributed by atoms with E-state index < -0.39 is 17.6 Å². The fourth-order valence-electron chi connectivity index (χ4n) is 2.49. The zero-order chi connectivity index (χ0) is 21.7. The van der Waals surface area contributed by atoms with Crippen molar-refractivity contribution in [3.8, 4) is 10.6 Å². The number of benzene rings is 2. The molecule has 0 bridgehead atoms. The van der Waals surface area contributed by atoms with Crippen molar-refractivity contribution in [2.45, 2.75) is 6.18 Å². The minimum absolute atomic E-state index is 0.0983. The molecule has 2 aromatic carbocycles. The molecular formula is C20H15ClF3N3O2S. The van der Waals surface area contributed by atoms with Crippen LogP contribution in [0.15, 0.2) is 54.7 Å². The number of nitrogens with one attached hydrogen (secondary N) is 2. The second-order valence-electron chi connectivity index (χ2n) is 6.10. The van der Waals surface area contributed by atoms with Crippen molar-refractivity contribution < 1.29 is 22.8 Å². The Bertz CT molecular complexity index is 1050. The number of hydrogen-bond acceptors (Lipinski definition) is 4. The maximum atomic E-state index is 12.6. The van der Waals surface area contributed by atoms with Crippen LogP contribution in [0.25, 0.3) is 10.6 Å². The third kappa shape index (κ3) is 5.37. The first-order valence-electron chi connectivity index (χ1n) is 8.70. The van der Waals surface area contributed by atoms with Crippen LogP contribution in [-0.2, 0) is 6.18 Å². The maximum Gasteiger partial charge on any atom is 0.416 e. The van der Waals surface area contributed by atoms with Gasteiger partial charge in [0.05, 0.1) is 16.8 Å². The molecule has 0 aliphatic carbocycles. The van der Waals surface area contributed by atoms with Gasteiger partial charge < -0.3 is 10.6 Å². The normalized spacial score (nSPS) is 11.2. The van der Waals surface area contributed by atoms with Crippen molar-refractivity contribution in [2.75, 3.05) is 13.1 Å². The molecule has 0 spiro atoms. The largest absolute Gasteiger partial charge is 0.416 e. The number of carbonyl (C=O) groups is 2. The van der Waals surface area contributed by atoms with Crippen molar-refractivity contribution in [1.82, 2.24) is 15.6 Å². The molecular weight excluding hydrogens is 439 g/mol. The first-order chi connectivity index (χ1) is 14.3. The van der Waals surface area contributed by atoms with E-state index in [0.29, 0.717) is 14.9 Å². The average molecular weight is 454 g/mol. The minimum atomic E-state index is -4.46. The molecule has 0 saturated carbocycles. The second kappa shape index (κ2) is 9.27. The fourth-order valence-corrected chi connectivity index (χ4v) is 3.64. The van der Waals surface area contributed by atoms with Crippen molar-refractivity contribution in [3.05, 3.63) is 75.8 Å². The van der Waals surface area contributed by atoms with Gasteiger partial charge in [0.1, 0.15) is 9.88 Å². The lowest BCUT2D eigenvalue weighted by atomic mass is 10.1. The van der Waals surface area contributed by atoms with Gasteiger partial charge in [-0.25, -0.2) is 4.98 Å². The van der Waals surface area contributed by atoms with Gasteiger partial charge in [0, 0.05) is 24.2 Å². The van der Waals surface area contributed by atoms with Crippen LogP contribution < -0.4 is 10.6 Å². The first-order valence-corrected chi connectivity index (χ1v) is 9.89. The number of halogens is 4. The topological polar surface area (TPSA) is 71.1 Å². The fraction of sp³-hybridized carbons (Fsp3) is 0.150. The Hall–Kier alpha value is -2.91. The van der Waals surface area contributed by atoms with E-state index in [1.54, 1.807) is 18.2 Å². The van der Waals surface area contributed by atoms with Crippen LogP contribution in [0, 0.1) is 0 Å². The van der Waals surface area contributed by atoms with Crippen LogP contribution in [0.4, 0.5) is 13.2 Å². The Morgan fingerprint density at radius 3 is 2.23 bits per heavy atom. The van der Waals surface area contributed by atoms with Crippen LogP contribution in [-0.4, -0.2) is 29.9 Å². The monoisotopic (exact) mass is 453 g/mol. The predicted molar refractivity (Wildman–Crippen MR) is 109 cm³/mol. The molecule has 5 nitrogen and oxygen atoms in total. The Balaban J connectivity index is 1.48. The summed E-state index contributed by atoms with van der Waals surface area (Å²) >= 11 is 7.32.